The molecule has 0 unspecified atom stereocenters. The molecule has 0 radical (unpaired) electrons. The molecule has 1 rings (SSSR count). The van der Waals surface area contributed by atoms with E-state index in [0.717, 1.165) is 6.61 Å². The van der Waals surface area contributed by atoms with Crippen LogP contribution in [-0.2, 0) is 4.43 Å². The van der Waals surface area contributed by atoms with Crippen molar-refractivity contribution in [2.75, 3.05) is 6.61 Å². The van der Waals surface area contributed by atoms with Crippen molar-refractivity contribution in [3.05, 3.63) is 29.3 Å². The van der Waals surface area contributed by atoms with Crippen molar-refractivity contribution in [1.82, 2.24) is 0 Å². The summed E-state index contributed by atoms with van der Waals surface area (Å²) in [6, 6.07) is 6.58. The zero-order valence-corrected chi connectivity index (χ0v) is 15.1. The molecule has 0 aliphatic rings. The van der Waals surface area contributed by atoms with Crippen LogP contribution >= 0.6 is 0 Å². The molecule has 0 amide bonds. The predicted molar refractivity (Wildman–Crippen MR) is 92.7 cm³/mol. The first-order valence-electron chi connectivity index (χ1n) is 8.38. The number of rotatable bonds is 11. The van der Waals surface area contributed by atoms with Crippen LogP contribution in [0.5, 0.6) is 0 Å². The van der Waals surface area contributed by atoms with E-state index in [9.17, 15) is 0 Å². The summed E-state index contributed by atoms with van der Waals surface area (Å²) in [5, 5.41) is 1.48. The van der Waals surface area contributed by atoms with Gasteiger partial charge in [0.15, 0.2) is 9.76 Å². The van der Waals surface area contributed by atoms with Crippen molar-refractivity contribution in [3.63, 3.8) is 0 Å². The third-order valence-electron chi connectivity index (χ3n) is 4.12. The number of hydrogen-bond donors (Lipinski definition) is 0. The summed E-state index contributed by atoms with van der Waals surface area (Å²) < 4.78 is 5.94. The molecule has 2 heteroatoms. The number of hydrogen-bond acceptors (Lipinski definition) is 1. The van der Waals surface area contributed by atoms with Crippen LogP contribution in [0.4, 0.5) is 0 Å². The minimum absolute atomic E-state index is 0.513. The molecular formula is C18H32OSi. The molecule has 0 atom stereocenters. The molecule has 0 bridgehead atoms. The van der Waals surface area contributed by atoms with Crippen LogP contribution < -0.4 is 5.19 Å². The fraction of sp³-hybridized carbons (Fsp3) is 0.667. The highest BCUT2D eigenvalue weighted by Gasteiger charge is 2.01. The van der Waals surface area contributed by atoms with Crippen LogP contribution in [0.25, 0.3) is 0 Å². The highest BCUT2D eigenvalue weighted by atomic mass is 28.2. The fourth-order valence-corrected chi connectivity index (χ4v) is 3.78. The van der Waals surface area contributed by atoms with Crippen molar-refractivity contribution in [1.29, 1.82) is 0 Å². The standard InChI is InChI=1S/C18H32OSi/c1-4-5-6-7-8-9-10-11-15-19-20-18-14-12-13-16(2)17(18)3/h12-14H,4-11,15,20H2,1-3H3. The molecule has 0 spiro atoms. The van der Waals surface area contributed by atoms with Gasteiger partial charge in [-0.3, -0.25) is 0 Å². The third kappa shape index (κ3) is 7.25. The van der Waals surface area contributed by atoms with Crippen LogP contribution in [0.1, 0.15) is 69.4 Å². The van der Waals surface area contributed by atoms with Crippen LogP contribution in [0.15, 0.2) is 18.2 Å². The maximum atomic E-state index is 5.94. The molecule has 1 aromatic rings. The zero-order valence-electron chi connectivity index (χ0n) is 13.7. The molecule has 0 aliphatic carbocycles. The Morgan fingerprint density at radius 3 is 2.25 bits per heavy atom. The van der Waals surface area contributed by atoms with Gasteiger partial charge in [0.05, 0.1) is 0 Å². The predicted octanol–water partition coefficient (Wildman–Crippen LogP) is 4.17. The van der Waals surface area contributed by atoms with Gasteiger partial charge in [-0.1, -0.05) is 70.1 Å². The summed E-state index contributed by atoms with van der Waals surface area (Å²) >= 11 is 0. The summed E-state index contributed by atoms with van der Waals surface area (Å²) in [5.74, 6) is 0. The number of aryl methyl sites for hydroxylation is 1. The highest BCUT2D eigenvalue weighted by molar-refractivity contribution is 6.47. The molecule has 0 saturated carbocycles. The van der Waals surface area contributed by atoms with Gasteiger partial charge in [0.25, 0.3) is 0 Å². The summed E-state index contributed by atoms with van der Waals surface area (Å²) in [4.78, 5) is 0. The Labute approximate surface area is 128 Å². The Balaban J connectivity index is 1.98. The van der Waals surface area contributed by atoms with E-state index in [1.54, 1.807) is 0 Å². The second kappa shape index (κ2) is 11.1. The molecule has 114 valence electrons. The lowest BCUT2D eigenvalue weighted by molar-refractivity contribution is 0.325. The van der Waals surface area contributed by atoms with Crippen molar-refractivity contribution in [2.24, 2.45) is 0 Å². The van der Waals surface area contributed by atoms with Gasteiger partial charge in [-0.2, -0.15) is 0 Å². The molecule has 0 aliphatic heterocycles. The summed E-state index contributed by atoms with van der Waals surface area (Å²) in [6.45, 7) is 7.65. The van der Waals surface area contributed by atoms with Gasteiger partial charge in [-0.05, 0) is 36.6 Å². The van der Waals surface area contributed by atoms with E-state index in [0.29, 0.717) is 0 Å². The first-order valence-corrected chi connectivity index (χ1v) is 9.67. The lowest BCUT2D eigenvalue weighted by Gasteiger charge is -2.09. The van der Waals surface area contributed by atoms with Crippen molar-refractivity contribution in [3.8, 4) is 0 Å². The first kappa shape index (κ1) is 17.4. The lowest BCUT2D eigenvalue weighted by atomic mass is 10.1. The fourth-order valence-electron chi connectivity index (χ4n) is 2.49. The average molecular weight is 293 g/mol. The minimum Gasteiger partial charge on any atom is -0.419 e. The number of unbranched alkanes of at least 4 members (excludes halogenated alkanes) is 7. The highest BCUT2D eigenvalue weighted by Crippen LogP contribution is 2.08. The maximum absolute atomic E-state index is 5.94. The van der Waals surface area contributed by atoms with Gasteiger partial charge < -0.3 is 4.43 Å². The van der Waals surface area contributed by atoms with Crippen LogP contribution in [0.2, 0.25) is 0 Å². The zero-order chi connectivity index (χ0) is 14.6. The Hall–Kier alpha value is -0.603. The third-order valence-corrected chi connectivity index (χ3v) is 5.69. The molecule has 0 aromatic heterocycles. The summed E-state index contributed by atoms with van der Waals surface area (Å²) in [6.07, 6.45) is 11.0. The van der Waals surface area contributed by atoms with Gasteiger partial charge in [-0.15, -0.1) is 0 Å². The second-order valence-electron chi connectivity index (χ2n) is 5.89. The number of benzene rings is 1. The van der Waals surface area contributed by atoms with E-state index in [1.807, 2.05) is 0 Å². The van der Waals surface area contributed by atoms with E-state index < -0.39 is 9.76 Å². The Kier molecular flexibility index (Phi) is 9.68. The topological polar surface area (TPSA) is 9.23 Å². The molecule has 1 nitrogen and oxygen atoms in total. The van der Waals surface area contributed by atoms with E-state index >= 15 is 0 Å². The van der Waals surface area contributed by atoms with Gasteiger partial charge in [0.2, 0.25) is 0 Å². The molecule has 0 fully saturated rings. The van der Waals surface area contributed by atoms with E-state index in [2.05, 4.69) is 39.0 Å². The Bertz CT molecular complexity index is 362. The Morgan fingerprint density at radius 1 is 0.900 bits per heavy atom. The maximum Gasteiger partial charge on any atom is 0.192 e. The molecule has 0 N–H and O–H groups in total. The van der Waals surface area contributed by atoms with Gasteiger partial charge >= 0.3 is 0 Å². The summed E-state index contributed by atoms with van der Waals surface area (Å²) in [5.41, 5.74) is 2.83. The van der Waals surface area contributed by atoms with Gasteiger partial charge in [0.1, 0.15) is 0 Å². The quantitative estimate of drug-likeness (QED) is 0.439. The Morgan fingerprint density at radius 2 is 1.55 bits per heavy atom. The smallest absolute Gasteiger partial charge is 0.192 e. The van der Waals surface area contributed by atoms with Gasteiger partial charge in [0, 0.05) is 6.61 Å². The van der Waals surface area contributed by atoms with Crippen molar-refractivity contribution < 1.29 is 4.43 Å². The molecule has 0 saturated heterocycles. The first-order chi connectivity index (χ1) is 9.75. The molecule has 0 heterocycles. The van der Waals surface area contributed by atoms with E-state index in [-0.39, 0.29) is 0 Å². The minimum atomic E-state index is -0.513. The molecule has 20 heavy (non-hydrogen) atoms. The summed E-state index contributed by atoms with van der Waals surface area (Å²) in [7, 11) is -0.513. The normalized spacial score (nSPS) is 11.6. The van der Waals surface area contributed by atoms with E-state index in [1.165, 1.54) is 67.7 Å². The monoisotopic (exact) mass is 292 g/mol. The molecule has 1 aromatic carbocycles. The van der Waals surface area contributed by atoms with Crippen molar-refractivity contribution >= 4 is 14.9 Å². The largest absolute Gasteiger partial charge is 0.419 e. The SMILES string of the molecule is CCCCCCCCCCO[SiH2]c1cccc(C)c1C. The van der Waals surface area contributed by atoms with E-state index in [4.69, 9.17) is 4.43 Å². The lowest BCUT2D eigenvalue weighted by Crippen LogP contribution is -2.21. The average Bonchev–Trinajstić information content (AvgIpc) is 2.45. The van der Waals surface area contributed by atoms with Crippen LogP contribution in [0.3, 0.4) is 0 Å². The second-order valence-corrected chi connectivity index (χ2v) is 7.35. The van der Waals surface area contributed by atoms with Gasteiger partial charge in [-0.25, -0.2) is 0 Å². The van der Waals surface area contributed by atoms with Crippen LogP contribution in [-0.4, -0.2) is 16.4 Å². The van der Waals surface area contributed by atoms with Crippen molar-refractivity contribution in [2.45, 2.75) is 72.1 Å². The molecular weight excluding hydrogens is 260 g/mol. The van der Waals surface area contributed by atoms with Crippen LogP contribution in [0, 0.1) is 13.8 Å².